The molecule has 2 rings (SSSR count). The summed E-state index contributed by atoms with van der Waals surface area (Å²) in [6, 6.07) is 10.0. The molecule has 2 aromatic carbocycles. The number of phenolic OH excluding ortho intramolecular Hbond substituents is 1. The summed E-state index contributed by atoms with van der Waals surface area (Å²) in [6.07, 6.45) is 0.747. The van der Waals surface area contributed by atoms with Gasteiger partial charge in [-0.25, -0.2) is 0 Å². The minimum atomic E-state index is 0.211. The molecule has 0 unspecified atom stereocenters. The summed E-state index contributed by atoms with van der Waals surface area (Å²) in [5.74, 6) is 1.23. The van der Waals surface area contributed by atoms with E-state index in [0.29, 0.717) is 28.1 Å². The van der Waals surface area contributed by atoms with Gasteiger partial charge < -0.3 is 14.6 Å². The summed E-state index contributed by atoms with van der Waals surface area (Å²) >= 11 is 3.36. The fourth-order valence-corrected chi connectivity index (χ4v) is 2.27. The van der Waals surface area contributed by atoms with E-state index < -0.39 is 0 Å². The number of carbonyl (C=O) groups excluding carboxylic acids is 1. The quantitative estimate of drug-likeness (QED) is 0.848. The molecule has 5 heteroatoms. The molecule has 0 saturated heterocycles. The third-order valence-corrected chi connectivity index (χ3v) is 3.30. The van der Waals surface area contributed by atoms with Crippen molar-refractivity contribution >= 4 is 22.2 Å². The Kier molecular flexibility index (Phi) is 4.63. The minimum absolute atomic E-state index is 0.211. The van der Waals surface area contributed by atoms with Gasteiger partial charge in [0, 0.05) is 5.56 Å². The van der Waals surface area contributed by atoms with Crippen LogP contribution in [0.25, 0.3) is 0 Å². The van der Waals surface area contributed by atoms with Crippen molar-refractivity contribution < 1.29 is 19.4 Å². The highest BCUT2D eigenvalue weighted by Gasteiger charge is 2.11. The predicted octanol–water partition coefficient (Wildman–Crippen LogP) is 3.55. The number of benzene rings is 2. The van der Waals surface area contributed by atoms with Crippen molar-refractivity contribution in [3.05, 3.63) is 52.0 Å². The molecule has 0 aliphatic carbocycles. The van der Waals surface area contributed by atoms with Crippen LogP contribution < -0.4 is 9.47 Å². The zero-order valence-electron chi connectivity index (χ0n) is 10.8. The zero-order valence-corrected chi connectivity index (χ0v) is 12.4. The van der Waals surface area contributed by atoms with Gasteiger partial charge in [-0.2, -0.15) is 0 Å². The van der Waals surface area contributed by atoms with Crippen molar-refractivity contribution in [2.24, 2.45) is 0 Å². The summed E-state index contributed by atoms with van der Waals surface area (Å²) in [4.78, 5) is 10.8. The molecule has 4 nitrogen and oxygen atoms in total. The van der Waals surface area contributed by atoms with Crippen molar-refractivity contribution in [3.8, 4) is 17.2 Å². The van der Waals surface area contributed by atoms with Crippen molar-refractivity contribution in [2.45, 2.75) is 6.61 Å². The van der Waals surface area contributed by atoms with Crippen molar-refractivity contribution in [1.29, 1.82) is 0 Å². The molecule has 0 aliphatic heterocycles. The lowest BCUT2D eigenvalue weighted by molar-refractivity contribution is 0.112. The second kappa shape index (κ2) is 6.43. The Morgan fingerprint density at radius 3 is 2.55 bits per heavy atom. The lowest BCUT2D eigenvalue weighted by atomic mass is 10.2. The summed E-state index contributed by atoms with van der Waals surface area (Å²) in [5, 5.41) is 9.22. The third kappa shape index (κ3) is 3.30. The zero-order chi connectivity index (χ0) is 14.5. The monoisotopic (exact) mass is 336 g/mol. The van der Waals surface area contributed by atoms with Gasteiger partial charge in [-0.3, -0.25) is 4.79 Å². The second-order valence-corrected chi connectivity index (χ2v) is 4.96. The molecule has 0 amide bonds. The standard InChI is InChI=1S/C15H13BrO4/c1-19-14-7-11(8-17)6-13(16)15(14)20-9-10-2-4-12(18)5-3-10/h2-8,18H,9H2,1H3. The number of rotatable bonds is 5. The van der Waals surface area contributed by atoms with Crippen LogP contribution in [0.1, 0.15) is 15.9 Å². The summed E-state index contributed by atoms with van der Waals surface area (Å²) in [6.45, 7) is 0.329. The van der Waals surface area contributed by atoms with Crippen molar-refractivity contribution in [3.63, 3.8) is 0 Å². The predicted molar refractivity (Wildman–Crippen MR) is 78.5 cm³/mol. The molecule has 0 aliphatic rings. The molecule has 20 heavy (non-hydrogen) atoms. The van der Waals surface area contributed by atoms with E-state index in [-0.39, 0.29) is 5.75 Å². The van der Waals surface area contributed by atoms with Gasteiger partial charge in [-0.05, 0) is 45.8 Å². The fourth-order valence-electron chi connectivity index (χ4n) is 1.70. The molecule has 2 aromatic rings. The summed E-state index contributed by atoms with van der Waals surface area (Å²) in [5.41, 5.74) is 1.42. The van der Waals surface area contributed by atoms with Crippen molar-refractivity contribution in [1.82, 2.24) is 0 Å². The maximum Gasteiger partial charge on any atom is 0.175 e. The third-order valence-electron chi connectivity index (χ3n) is 2.71. The molecule has 0 spiro atoms. The van der Waals surface area contributed by atoms with Gasteiger partial charge in [0.2, 0.25) is 0 Å². The molecule has 104 valence electrons. The smallest absolute Gasteiger partial charge is 0.175 e. The molecule has 0 aromatic heterocycles. The molecular formula is C15H13BrO4. The Hall–Kier alpha value is -2.01. The van der Waals surface area contributed by atoms with Crippen LogP contribution in [0.15, 0.2) is 40.9 Å². The van der Waals surface area contributed by atoms with Crippen LogP contribution in [0, 0.1) is 0 Å². The van der Waals surface area contributed by atoms with E-state index in [9.17, 15) is 9.90 Å². The Bertz CT molecular complexity index is 608. The Balaban J connectivity index is 2.20. The lowest BCUT2D eigenvalue weighted by Crippen LogP contribution is -1.99. The number of halogens is 1. The highest BCUT2D eigenvalue weighted by atomic mass is 79.9. The molecule has 0 bridgehead atoms. The number of ether oxygens (including phenoxy) is 2. The Morgan fingerprint density at radius 1 is 1.25 bits per heavy atom. The molecule has 1 N–H and O–H groups in total. The molecule has 0 radical (unpaired) electrons. The number of aldehydes is 1. The maximum atomic E-state index is 10.8. The second-order valence-electron chi connectivity index (χ2n) is 4.11. The average Bonchev–Trinajstić information content (AvgIpc) is 2.47. The van der Waals surface area contributed by atoms with E-state index in [1.165, 1.54) is 7.11 Å². The molecule has 0 heterocycles. The average molecular weight is 337 g/mol. The molecular weight excluding hydrogens is 324 g/mol. The van der Waals surface area contributed by atoms with Gasteiger partial charge >= 0.3 is 0 Å². The number of aromatic hydroxyl groups is 1. The van der Waals surface area contributed by atoms with Crippen LogP contribution in [0.3, 0.4) is 0 Å². The summed E-state index contributed by atoms with van der Waals surface area (Å²) in [7, 11) is 1.52. The normalized spacial score (nSPS) is 10.1. The van der Waals surface area contributed by atoms with Gasteiger partial charge in [0.25, 0.3) is 0 Å². The SMILES string of the molecule is COc1cc(C=O)cc(Br)c1OCc1ccc(O)cc1. The number of phenols is 1. The first-order chi connectivity index (χ1) is 9.63. The maximum absolute atomic E-state index is 10.8. The number of hydrogen-bond acceptors (Lipinski definition) is 4. The van der Waals surface area contributed by atoms with Gasteiger partial charge in [0.1, 0.15) is 18.6 Å². The van der Waals surface area contributed by atoms with Crippen LogP contribution >= 0.6 is 15.9 Å². The van der Waals surface area contributed by atoms with Gasteiger partial charge in [0.15, 0.2) is 11.5 Å². The van der Waals surface area contributed by atoms with Gasteiger partial charge in [0.05, 0.1) is 11.6 Å². The van der Waals surface area contributed by atoms with Gasteiger partial charge in [-0.1, -0.05) is 12.1 Å². The van der Waals surface area contributed by atoms with E-state index >= 15 is 0 Å². The Morgan fingerprint density at radius 2 is 1.95 bits per heavy atom. The highest BCUT2D eigenvalue weighted by Crippen LogP contribution is 2.36. The van der Waals surface area contributed by atoms with Crippen LogP contribution in [-0.2, 0) is 6.61 Å². The van der Waals surface area contributed by atoms with Crippen LogP contribution in [-0.4, -0.2) is 18.5 Å². The number of carbonyl (C=O) groups is 1. The highest BCUT2D eigenvalue weighted by molar-refractivity contribution is 9.10. The first-order valence-corrected chi connectivity index (χ1v) is 6.66. The number of hydrogen-bond donors (Lipinski definition) is 1. The molecule has 0 fully saturated rings. The largest absolute Gasteiger partial charge is 0.508 e. The van der Waals surface area contributed by atoms with Gasteiger partial charge in [-0.15, -0.1) is 0 Å². The van der Waals surface area contributed by atoms with Crippen LogP contribution in [0.5, 0.6) is 17.2 Å². The topological polar surface area (TPSA) is 55.8 Å². The summed E-state index contributed by atoms with van der Waals surface area (Å²) < 4.78 is 11.6. The van der Waals surface area contributed by atoms with E-state index in [2.05, 4.69) is 15.9 Å². The van der Waals surface area contributed by atoms with E-state index in [1.54, 1.807) is 36.4 Å². The molecule has 0 atom stereocenters. The molecule has 0 saturated carbocycles. The Labute approximate surface area is 125 Å². The first-order valence-electron chi connectivity index (χ1n) is 5.87. The van der Waals surface area contributed by atoms with Crippen LogP contribution in [0.2, 0.25) is 0 Å². The minimum Gasteiger partial charge on any atom is -0.508 e. The van der Waals surface area contributed by atoms with E-state index in [4.69, 9.17) is 9.47 Å². The van der Waals surface area contributed by atoms with E-state index in [0.717, 1.165) is 11.8 Å². The fraction of sp³-hybridized carbons (Fsp3) is 0.133. The van der Waals surface area contributed by atoms with Crippen molar-refractivity contribution in [2.75, 3.05) is 7.11 Å². The lowest BCUT2D eigenvalue weighted by Gasteiger charge is -2.13. The first kappa shape index (κ1) is 14.4. The van der Waals surface area contributed by atoms with E-state index in [1.807, 2.05) is 0 Å². The van der Waals surface area contributed by atoms with Crippen LogP contribution in [0.4, 0.5) is 0 Å². The number of methoxy groups -OCH3 is 1.